The zero-order valence-electron chi connectivity index (χ0n) is 8.87. The minimum absolute atomic E-state index is 0.227. The third-order valence-electron chi connectivity index (χ3n) is 2.32. The topological polar surface area (TPSA) is 27.1 Å². The molecule has 0 bridgehead atoms. The zero-order chi connectivity index (χ0) is 11.7. The molecule has 0 amide bonds. The van der Waals surface area contributed by atoms with E-state index in [1.807, 2.05) is 7.05 Å². The minimum atomic E-state index is -0.371. The molecule has 0 N–H and O–H groups in total. The summed E-state index contributed by atoms with van der Waals surface area (Å²) in [6, 6.07) is 4.73. The van der Waals surface area contributed by atoms with Crippen molar-refractivity contribution in [2.75, 3.05) is 7.11 Å². The molecule has 1 heterocycles. The van der Waals surface area contributed by atoms with Crippen LogP contribution in [0, 0.1) is 5.82 Å². The van der Waals surface area contributed by atoms with Gasteiger partial charge < -0.3 is 4.74 Å². The van der Waals surface area contributed by atoms with Crippen LogP contribution in [0.2, 0.25) is 0 Å². The van der Waals surface area contributed by atoms with Crippen LogP contribution in [-0.4, -0.2) is 16.9 Å². The lowest BCUT2D eigenvalue weighted by molar-refractivity contribution is 0.386. The molecule has 0 unspecified atom stereocenters. The summed E-state index contributed by atoms with van der Waals surface area (Å²) in [6.45, 7) is 0. The van der Waals surface area contributed by atoms with Crippen molar-refractivity contribution in [2.45, 2.75) is 0 Å². The minimum Gasteiger partial charge on any atom is -0.494 e. The molecule has 0 aliphatic rings. The molecule has 5 heteroatoms. The second kappa shape index (κ2) is 4.25. The molecule has 0 atom stereocenters. The second-order valence-electron chi connectivity index (χ2n) is 3.31. The number of nitrogens with zero attached hydrogens (tertiary/aromatic N) is 2. The van der Waals surface area contributed by atoms with Crippen molar-refractivity contribution in [3.05, 3.63) is 34.7 Å². The van der Waals surface area contributed by atoms with Crippen molar-refractivity contribution in [3.63, 3.8) is 0 Å². The van der Waals surface area contributed by atoms with Crippen LogP contribution < -0.4 is 4.74 Å². The maximum atomic E-state index is 13.3. The zero-order valence-corrected chi connectivity index (χ0v) is 10.5. The van der Waals surface area contributed by atoms with Gasteiger partial charge in [0.25, 0.3) is 0 Å². The van der Waals surface area contributed by atoms with Crippen LogP contribution in [0.25, 0.3) is 11.3 Å². The van der Waals surface area contributed by atoms with Gasteiger partial charge in [-0.1, -0.05) is 0 Å². The van der Waals surface area contributed by atoms with Crippen LogP contribution in [0.5, 0.6) is 5.75 Å². The molecule has 84 valence electrons. The van der Waals surface area contributed by atoms with Gasteiger partial charge in [0.05, 0.1) is 23.5 Å². The molecule has 2 aromatic rings. The Labute approximate surface area is 101 Å². The summed E-state index contributed by atoms with van der Waals surface area (Å²) in [4.78, 5) is 0. The number of ether oxygens (including phenoxy) is 1. The Morgan fingerprint density at radius 2 is 2.19 bits per heavy atom. The van der Waals surface area contributed by atoms with Crippen LogP contribution in [0.1, 0.15) is 0 Å². The number of aryl methyl sites for hydroxylation is 1. The molecule has 1 aromatic carbocycles. The van der Waals surface area contributed by atoms with Crippen molar-refractivity contribution in [3.8, 4) is 17.0 Å². The van der Waals surface area contributed by atoms with Gasteiger partial charge >= 0.3 is 0 Å². The Bertz CT molecular complexity index is 505. The van der Waals surface area contributed by atoms with Crippen molar-refractivity contribution in [1.29, 1.82) is 0 Å². The largest absolute Gasteiger partial charge is 0.494 e. The monoisotopic (exact) mass is 284 g/mol. The highest BCUT2D eigenvalue weighted by Crippen LogP contribution is 2.30. The molecule has 3 nitrogen and oxygen atoms in total. The first kappa shape index (κ1) is 11.1. The van der Waals surface area contributed by atoms with Crippen LogP contribution in [0.15, 0.2) is 28.9 Å². The standard InChI is InChI=1S/C11H10BrFN2O/c1-15-11(8(12)6-14-15)7-3-4-9(13)10(5-7)16-2/h3-6H,1-2H3. The van der Waals surface area contributed by atoms with Crippen LogP contribution >= 0.6 is 15.9 Å². The Morgan fingerprint density at radius 1 is 1.44 bits per heavy atom. The van der Waals surface area contributed by atoms with Crippen molar-refractivity contribution >= 4 is 15.9 Å². The van der Waals surface area contributed by atoms with Gasteiger partial charge in [0.2, 0.25) is 0 Å². The van der Waals surface area contributed by atoms with Crippen molar-refractivity contribution in [2.24, 2.45) is 7.05 Å². The van der Waals surface area contributed by atoms with Crippen molar-refractivity contribution in [1.82, 2.24) is 9.78 Å². The Balaban J connectivity index is 2.57. The lowest BCUT2D eigenvalue weighted by Gasteiger charge is -2.06. The Hall–Kier alpha value is -1.36. The summed E-state index contributed by atoms with van der Waals surface area (Å²) in [5.74, 6) is -0.143. The number of rotatable bonds is 2. The number of hydrogen-bond donors (Lipinski definition) is 0. The summed E-state index contributed by atoms with van der Waals surface area (Å²) in [6.07, 6.45) is 1.70. The number of hydrogen-bond acceptors (Lipinski definition) is 2. The maximum Gasteiger partial charge on any atom is 0.165 e. The van der Waals surface area contributed by atoms with Gasteiger partial charge in [-0.25, -0.2) is 4.39 Å². The summed E-state index contributed by atoms with van der Waals surface area (Å²) < 4.78 is 20.8. The summed E-state index contributed by atoms with van der Waals surface area (Å²) in [5.41, 5.74) is 1.74. The normalized spacial score (nSPS) is 10.5. The predicted molar refractivity (Wildman–Crippen MR) is 62.9 cm³/mol. The molecule has 16 heavy (non-hydrogen) atoms. The fraction of sp³-hybridized carbons (Fsp3) is 0.182. The van der Waals surface area contributed by atoms with Crippen LogP contribution in [-0.2, 0) is 7.05 Å². The third-order valence-corrected chi connectivity index (χ3v) is 2.90. The number of aromatic nitrogens is 2. The third kappa shape index (κ3) is 1.82. The maximum absolute atomic E-state index is 13.3. The molecule has 0 saturated carbocycles. The molecule has 0 fully saturated rings. The quantitative estimate of drug-likeness (QED) is 0.848. The van der Waals surface area contributed by atoms with Gasteiger partial charge in [-0.2, -0.15) is 5.10 Å². The highest BCUT2D eigenvalue weighted by atomic mass is 79.9. The molecule has 1 aromatic heterocycles. The van der Waals surface area contributed by atoms with E-state index in [1.54, 1.807) is 23.0 Å². The number of halogens is 2. The first-order chi connectivity index (χ1) is 7.63. The molecule has 0 aliphatic carbocycles. The summed E-state index contributed by atoms with van der Waals surface area (Å²) in [5, 5.41) is 4.11. The average Bonchev–Trinajstić information content (AvgIpc) is 2.60. The van der Waals surface area contributed by atoms with Crippen molar-refractivity contribution < 1.29 is 9.13 Å². The summed E-state index contributed by atoms with van der Waals surface area (Å²) >= 11 is 3.40. The molecule has 0 radical (unpaired) electrons. The fourth-order valence-corrected chi connectivity index (χ4v) is 2.12. The van der Waals surface area contributed by atoms with Gasteiger partial charge in [-0.3, -0.25) is 4.68 Å². The van der Waals surface area contributed by atoms with Gasteiger partial charge in [0, 0.05) is 12.6 Å². The van der Waals surface area contributed by atoms with E-state index in [0.29, 0.717) is 0 Å². The molecular weight excluding hydrogens is 275 g/mol. The smallest absolute Gasteiger partial charge is 0.165 e. The Morgan fingerprint density at radius 3 is 2.75 bits per heavy atom. The lowest BCUT2D eigenvalue weighted by Crippen LogP contribution is -1.95. The fourth-order valence-electron chi connectivity index (χ4n) is 1.54. The van der Waals surface area contributed by atoms with E-state index < -0.39 is 0 Å². The molecule has 2 rings (SSSR count). The first-order valence-electron chi connectivity index (χ1n) is 4.65. The summed E-state index contributed by atoms with van der Waals surface area (Å²) in [7, 11) is 3.27. The van der Waals surface area contributed by atoms with E-state index >= 15 is 0 Å². The van der Waals surface area contributed by atoms with Gasteiger partial charge in [0.1, 0.15) is 0 Å². The molecule has 0 aliphatic heterocycles. The van der Waals surface area contributed by atoms with Gasteiger partial charge in [-0.15, -0.1) is 0 Å². The highest BCUT2D eigenvalue weighted by Gasteiger charge is 2.11. The molecular formula is C11H10BrFN2O. The first-order valence-corrected chi connectivity index (χ1v) is 5.44. The van der Waals surface area contributed by atoms with Gasteiger partial charge in [0.15, 0.2) is 11.6 Å². The number of benzene rings is 1. The second-order valence-corrected chi connectivity index (χ2v) is 4.17. The van der Waals surface area contributed by atoms with E-state index in [4.69, 9.17) is 4.74 Å². The van der Waals surface area contributed by atoms with E-state index in [2.05, 4.69) is 21.0 Å². The molecule has 0 saturated heterocycles. The van der Waals surface area contributed by atoms with E-state index in [-0.39, 0.29) is 11.6 Å². The van der Waals surface area contributed by atoms with Gasteiger partial charge in [-0.05, 0) is 34.1 Å². The van der Waals surface area contributed by atoms with E-state index in [1.165, 1.54) is 13.2 Å². The van der Waals surface area contributed by atoms with Crippen LogP contribution in [0.3, 0.4) is 0 Å². The average molecular weight is 285 g/mol. The SMILES string of the molecule is COc1cc(-c2c(Br)cnn2C)ccc1F. The lowest BCUT2D eigenvalue weighted by atomic mass is 10.1. The molecule has 0 spiro atoms. The highest BCUT2D eigenvalue weighted by molar-refractivity contribution is 9.10. The Kier molecular flexibility index (Phi) is 2.96. The van der Waals surface area contributed by atoms with E-state index in [9.17, 15) is 4.39 Å². The predicted octanol–water partition coefficient (Wildman–Crippen LogP) is 3.00. The van der Waals surface area contributed by atoms with Crippen LogP contribution in [0.4, 0.5) is 4.39 Å². The van der Waals surface area contributed by atoms with E-state index in [0.717, 1.165) is 15.7 Å². The number of methoxy groups -OCH3 is 1.